The summed E-state index contributed by atoms with van der Waals surface area (Å²) in [6, 6.07) is 1.96. The Morgan fingerprint density at radius 1 is 1.24 bits per heavy atom. The van der Waals surface area contributed by atoms with Crippen LogP contribution in [-0.4, -0.2) is 65.2 Å². The Morgan fingerprint density at radius 2 is 2.08 bits per heavy atom. The molecule has 132 valence electrons. The molecule has 2 aliphatic rings. The number of carbonyl (C=O) groups is 1. The SMILES string of the molecule is Cc1nc(N2CCCC(C(=O)N3CCOCC3)C2)c2ccncc2n1. The molecule has 0 aromatic carbocycles. The highest BCUT2D eigenvalue weighted by molar-refractivity contribution is 5.89. The number of fused-ring (bicyclic) bond motifs is 1. The number of amides is 1. The Bertz CT molecular complexity index is 775. The van der Waals surface area contributed by atoms with Gasteiger partial charge in [0, 0.05) is 37.8 Å². The topological polar surface area (TPSA) is 71.5 Å². The van der Waals surface area contributed by atoms with E-state index in [0.29, 0.717) is 32.8 Å². The third-order valence-corrected chi connectivity index (χ3v) is 4.98. The summed E-state index contributed by atoms with van der Waals surface area (Å²) in [7, 11) is 0. The Hall–Kier alpha value is -2.28. The van der Waals surface area contributed by atoms with Gasteiger partial charge in [-0.25, -0.2) is 9.97 Å². The first-order valence-corrected chi connectivity index (χ1v) is 8.92. The molecule has 0 bridgehead atoms. The number of piperidine rings is 1. The maximum Gasteiger partial charge on any atom is 0.227 e. The number of rotatable bonds is 2. The number of carbonyl (C=O) groups excluding carboxylic acids is 1. The number of nitrogens with zero attached hydrogens (tertiary/aromatic N) is 5. The number of hydrogen-bond donors (Lipinski definition) is 0. The number of hydrogen-bond acceptors (Lipinski definition) is 6. The molecule has 4 rings (SSSR count). The van der Waals surface area contributed by atoms with E-state index in [0.717, 1.165) is 41.9 Å². The van der Waals surface area contributed by atoms with Gasteiger partial charge in [0.25, 0.3) is 0 Å². The minimum Gasteiger partial charge on any atom is -0.378 e. The minimum absolute atomic E-state index is 0.0269. The third kappa shape index (κ3) is 3.28. The second-order valence-electron chi connectivity index (χ2n) is 6.71. The van der Waals surface area contributed by atoms with Crippen LogP contribution in [0.3, 0.4) is 0 Å². The van der Waals surface area contributed by atoms with Gasteiger partial charge in [-0.15, -0.1) is 0 Å². The summed E-state index contributed by atoms with van der Waals surface area (Å²) in [5.41, 5.74) is 0.853. The zero-order valence-corrected chi connectivity index (χ0v) is 14.5. The van der Waals surface area contributed by atoms with Crippen molar-refractivity contribution in [2.75, 3.05) is 44.3 Å². The van der Waals surface area contributed by atoms with E-state index in [4.69, 9.17) is 4.74 Å². The number of aryl methyl sites for hydroxylation is 1. The number of anilines is 1. The van der Waals surface area contributed by atoms with E-state index in [-0.39, 0.29) is 11.8 Å². The van der Waals surface area contributed by atoms with Crippen molar-refractivity contribution in [3.05, 3.63) is 24.3 Å². The lowest BCUT2D eigenvalue weighted by molar-refractivity contribution is -0.139. The lowest BCUT2D eigenvalue weighted by atomic mass is 9.96. The van der Waals surface area contributed by atoms with Crippen LogP contribution in [-0.2, 0) is 9.53 Å². The zero-order valence-electron chi connectivity index (χ0n) is 14.5. The first kappa shape index (κ1) is 16.2. The fourth-order valence-corrected chi connectivity index (χ4v) is 3.73. The van der Waals surface area contributed by atoms with Crippen LogP contribution in [0.5, 0.6) is 0 Å². The first-order valence-electron chi connectivity index (χ1n) is 8.92. The van der Waals surface area contributed by atoms with Crippen molar-refractivity contribution in [3.63, 3.8) is 0 Å². The number of aromatic nitrogens is 3. The molecule has 0 N–H and O–H groups in total. The monoisotopic (exact) mass is 341 g/mol. The predicted octanol–water partition coefficient (Wildman–Crippen LogP) is 1.41. The molecular formula is C18H23N5O2. The predicted molar refractivity (Wildman–Crippen MR) is 94.4 cm³/mol. The Morgan fingerprint density at radius 3 is 2.92 bits per heavy atom. The van der Waals surface area contributed by atoms with Gasteiger partial charge in [0.2, 0.25) is 5.91 Å². The summed E-state index contributed by atoms with van der Waals surface area (Å²) < 4.78 is 5.36. The first-order chi connectivity index (χ1) is 12.2. The molecule has 25 heavy (non-hydrogen) atoms. The summed E-state index contributed by atoms with van der Waals surface area (Å²) in [6.45, 7) is 6.23. The maximum absolute atomic E-state index is 12.9. The highest BCUT2D eigenvalue weighted by Crippen LogP contribution is 2.28. The van der Waals surface area contributed by atoms with Crippen LogP contribution in [0.4, 0.5) is 5.82 Å². The molecule has 4 heterocycles. The van der Waals surface area contributed by atoms with E-state index >= 15 is 0 Å². The van der Waals surface area contributed by atoms with E-state index in [1.54, 1.807) is 12.4 Å². The van der Waals surface area contributed by atoms with E-state index in [9.17, 15) is 4.79 Å². The fraction of sp³-hybridized carbons (Fsp3) is 0.556. The molecule has 1 atom stereocenters. The number of pyridine rings is 1. The third-order valence-electron chi connectivity index (χ3n) is 4.98. The van der Waals surface area contributed by atoms with Crippen molar-refractivity contribution in [3.8, 4) is 0 Å². The Labute approximate surface area is 147 Å². The van der Waals surface area contributed by atoms with Crippen molar-refractivity contribution >= 4 is 22.6 Å². The van der Waals surface area contributed by atoms with E-state index in [1.807, 2.05) is 17.9 Å². The van der Waals surface area contributed by atoms with Crippen LogP contribution < -0.4 is 4.90 Å². The molecule has 1 amide bonds. The fourth-order valence-electron chi connectivity index (χ4n) is 3.73. The molecule has 7 nitrogen and oxygen atoms in total. The normalized spacial score (nSPS) is 21.6. The summed E-state index contributed by atoms with van der Waals surface area (Å²) in [5, 5.41) is 1.00. The standard InChI is InChI=1S/C18H23N5O2/c1-13-20-16-11-19-5-4-15(16)17(21-13)23-6-2-3-14(12-23)18(24)22-7-9-25-10-8-22/h4-5,11,14H,2-3,6-10,12H2,1H3. The zero-order chi connectivity index (χ0) is 17.2. The van der Waals surface area contributed by atoms with Crippen LogP contribution in [0.25, 0.3) is 10.9 Å². The minimum atomic E-state index is 0.0269. The molecule has 0 aliphatic carbocycles. The second kappa shape index (κ2) is 6.92. The van der Waals surface area contributed by atoms with E-state index < -0.39 is 0 Å². The van der Waals surface area contributed by atoms with Gasteiger partial charge in [0.15, 0.2) is 0 Å². The average molecular weight is 341 g/mol. The smallest absolute Gasteiger partial charge is 0.227 e. The van der Waals surface area contributed by atoms with Crippen LogP contribution in [0.2, 0.25) is 0 Å². The van der Waals surface area contributed by atoms with Crippen LogP contribution in [0.15, 0.2) is 18.5 Å². The van der Waals surface area contributed by atoms with E-state index in [2.05, 4.69) is 19.9 Å². The van der Waals surface area contributed by atoms with Gasteiger partial charge in [-0.3, -0.25) is 9.78 Å². The van der Waals surface area contributed by atoms with Crippen LogP contribution >= 0.6 is 0 Å². The van der Waals surface area contributed by atoms with Gasteiger partial charge >= 0.3 is 0 Å². The quantitative estimate of drug-likeness (QED) is 0.822. The molecule has 0 saturated carbocycles. The van der Waals surface area contributed by atoms with Gasteiger partial charge in [-0.1, -0.05) is 0 Å². The van der Waals surface area contributed by atoms with Crippen molar-refractivity contribution in [2.45, 2.75) is 19.8 Å². The Balaban J connectivity index is 1.58. The molecule has 2 aromatic heterocycles. The van der Waals surface area contributed by atoms with Crippen molar-refractivity contribution in [2.24, 2.45) is 5.92 Å². The van der Waals surface area contributed by atoms with Gasteiger partial charge in [0.1, 0.15) is 11.6 Å². The van der Waals surface area contributed by atoms with Gasteiger partial charge in [-0.2, -0.15) is 0 Å². The molecule has 2 fully saturated rings. The Kier molecular flexibility index (Phi) is 4.48. The van der Waals surface area contributed by atoms with E-state index in [1.165, 1.54) is 0 Å². The lowest BCUT2D eigenvalue weighted by Gasteiger charge is -2.37. The van der Waals surface area contributed by atoms with Crippen molar-refractivity contribution in [1.29, 1.82) is 0 Å². The van der Waals surface area contributed by atoms with Crippen molar-refractivity contribution in [1.82, 2.24) is 19.9 Å². The molecule has 2 aliphatic heterocycles. The summed E-state index contributed by atoms with van der Waals surface area (Å²) in [6.07, 6.45) is 5.48. The highest BCUT2D eigenvalue weighted by atomic mass is 16.5. The summed E-state index contributed by atoms with van der Waals surface area (Å²) in [4.78, 5) is 30.4. The number of morpholine rings is 1. The highest BCUT2D eigenvalue weighted by Gasteiger charge is 2.31. The maximum atomic E-state index is 12.9. The molecule has 0 radical (unpaired) electrons. The molecule has 7 heteroatoms. The molecule has 2 aromatic rings. The second-order valence-corrected chi connectivity index (χ2v) is 6.71. The molecule has 2 saturated heterocycles. The van der Waals surface area contributed by atoms with Crippen molar-refractivity contribution < 1.29 is 9.53 Å². The van der Waals surface area contributed by atoms with Crippen LogP contribution in [0.1, 0.15) is 18.7 Å². The van der Waals surface area contributed by atoms with Gasteiger partial charge < -0.3 is 14.5 Å². The number of ether oxygens (including phenoxy) is 1. The summed E-state index contributed by atoms with van der Waals surface area (Å²) >= 11 is 0. The van der Waals surface area contributed by atoms with Crippen LogP contribution in [0, 0.1) is 12.8 Å². The molecule has 1 unspecified atom stereocenters. The molecule has 0 spiro atoms. The van der Waals surface area contributed by atoms with Gasteiger partial charge in [0.05, 0.1) is 30.8 Å². The molecular weight excluding hydrogens is 318 g/mol. The average Bonchev–Trinajstić information content (AvgIpc) is 2.67. The lowest BCUT2D eigenvalue weighted by Crippen LogP contribution is -2.48. The van der Waals surface area contributed by atoms with Gasteiger partial charge in [-0.05, 0) is 25.8 Å². The largest absolute Gasteiger partial charge is 0.378 e. The summed E-state index contributed by atoms with van der Waals surface area (Å²) in [5.74, 6) is 1.94.